The monoisotopic (exact) mass is 626 g/mol. The van der Waals surface area contributed by atoms with Gasteiger partial charge < -0.3 is 19.9 Å². The highest BCUT2D eigenvalue weighted by atomic mass is 35.5. The third-order valence-corrected chi connectivity index (χ3v) is 7.98. The van der Waals surface area contributed by atoms with Gasteiger partial charge in [-0.15, -0.1) is 0 Å². The molecule has 1 unspecified atom stereocenters. The molecule has 1 aliphatic rings. The van der Waals surface area contributed by atoms with Crippen LogP contribution in [0, 0.1) is 11.6 Å². The van der Waals surface area contributed by atoms with Crippen LogP contribution < -0.4 is 15.4 Å². The van der Waals surface area contributed by atoms with E-state index >= 15 is 4.39 Å². The Morgan fingerprint density at radius 1 is 1.11 bits per heavy atom. The fourth-order valence-electron chi connectivity index (χ4n) is 5.14. The van der Waals surface area contributed by atoms with Crippen molar-refractivity contribution in [1.82, 2.24) is 34.4 Å². The number of aromatic nitrogens is 3. The standard InChI is InChI=1S/C31H37ClF2N8O2/c1-20(35-2)44-26-9-8-23(27(33)28(26)34)25-19-37-30-29(36-10-13-42(25)30)38-21-6-7-22(24(32)18-21)31(43)41-16-14-40(15-17-41)12-5-11-39(3)4/h6-10,13,18-20,35H,5,11-12,14-17H2,1-4H3,(H,36,38). The lowest BCUT2D eigenvalue weighted by atomic mass is 10.1. The predicted molar refractivity (Wildman–Crippen MR) is 168 cm³/mol. The summed E-state index contributed by atoms with van der Waals surface area (Å²) in [4.78, 5) is 28.5. The van der Waals surface area contributed by atoms with Gasteiger partial charge in [-0.2, -0.15) is 4.39 Å². The van der Waals surface area contributed by atoms with E-state index in [1.54, 1.807) is 42.8 Å². The van der Waals surface area contributed by atoms with Crippen molar-refractivity contribution in [2.45, 2.75) is 19.6 Å². The zero-order valence-corrected chi connectivity index (χ0v) is 26.0. The number of carbonyl (C=O) groups is 1. The highest BCUT2D eigenvalue weighted by Crippen LogP contribution is 2.32. The summed E-state index contributed by atoms with van der Waals surface area (Å²) in [6.45, 7) is 6.72. The van der Waals surface area contributed by atoms with E-state index < -0.39 is 17.9 Å². The lowest BCUT2D eigenvalue weighted by molar-refractivity contribution is 0.0634. The Kier molecular flexibility index (Phi) is 9.94. The number of nitrogens with zero attached hydrogens (tertiary/aromatic N) is 6. The van der Waals surface area contributed by atoms with E-state index in [0.29, 0.717) is 46.5 Å². The van der Waals surface area contributed by atoms with Crippen LogP contribution in [0.3, 0.4) is 0 Å². The fraction of sp³-hybridized carbons (Fsp3) is 0.387. The number of nitrogens with one attached hydrogen (secondary N) is 2. The quantitative estimate of drug-likeness (QED) is 0.231. The fourth-order valence-corrected chi connectivity index (χ4v) is 5.40. The van der Waals surface area contributed by atoms with Gasteiger partial charge in [-0.25, -0.2) is 14.4 Å². The van der Waals surface area contributed by atoms with E-state index in [-0.39, 0.29) is 17.2 Å². The predicted octanol–water partition coefficient (Wildman–Crippen LogP) is 4.73. The molecule has 0 radical (unpaired) electrons. The van der Waals surface area contributed by atoms with Gasteiger partial charge in [0.2, 0.25) is 5.82 Å². The first kappa shape index (κ1) is 31.6. The van der Waals surface area contributed by atoms with Crippen molar-refractivity contribution in [3.8, 4) is 17.0 Å². The number of hydrogen-bond acceptors (Lipinski definition) is 8. The Bertz CT molecular complexity index is 1620. The zero-order valence-electron chi connectivity index (χ0n) is 25.3. The molecule has 5 rings (SSSR count). The smallest absolute Gasteiger partial charge is 0.255 e. The minimum Gasteiger partial charge on any atom is -0.472 e. The van der Waals surface area contributed by atoms with Gasteiger partial charge in [0.25, 0.3) is 5.91 Å². The topological polar surface area (TPSA) is 90.3 Å². The molecule has 1 amide bonds. The Morgan fingerprint density at radius 2 is 1.89 bits per heavy atom. The number of anilines is 2. The molecule has 234 valence electrons. The third kappa shape index (κ3) is 6.94. The molecule has 0 aliphatic carbocycles. The molecule has 44 heavy (non-hydrogen) atoms. The van der Waals surface area contributed by atoms with E-state index in [4.69, 9.17) is 16.3 Å². The average molecular weight is 627 g/mol. The second-order valence-electron chi connectivity index (χ2n) is 11.0. The Labute approximate surface area is 260 Å². The zero-order chi connectivity index (χ0) is 31.4. The summed E-state index contributed by atoms with van der Waals surface area (Å²) >= 11 is 6.59. The van der Waals surface area contributed by atoms with Crippen molar-refractivity contribution in [2.24, 2.45) is 0 Å². The van der Waals surface area contributed by atoms with Crippen LogP contribution in [-0.4, -0.2) is 102 Å². The van der Waals surface area contributed by atoms with Crippen LogP contribution in [0.25, 0.3) is 16.9 Å². The summed E-state index contributed by atoms with van der Waals surface area (Å²) in [6.07, 6.45) is 5.20. The van der Waals surface area contributed by atoms with Gasteiger partial charge in [0.1, 0.15) is 6.23 Å². The molecule has 4 aromatic rings. The van der Waals surface area contributed by atoms with E-state index in [9.17, 15) is 9.18 Å². The summed E-state index contributed by atoms with van der Waals surface area (Å²) in [5, 5.41) is 6.32. The molecule has 0 saturated carbocycles. The van der Waals surface area contributed by atoms with E-state index in [0.717, 1.165) is 32.6 Å². The van der Waals surface area contributed by atoms with Gasteiger partial charge in [-0.3, -0.25) is 19.4 Å². The number of ether oxygens (including phenoxy) is 1. The van der Waals surface area contributed by atoms with Gasteiger partial charge in [-0.1, -0.05) is 11.6 Å². The maximum atomic E-state index is 15.1. The van der Waals surface area contributed by atoms with Crippen molar-refractivity contribution in [3.63, 3.8) is 0 Å². The van der Waals surface area contributed by atoms with Gasteiger partial charge in [-0.05, 0) is 77.9 Å². The summed E-state index contributed by atoms with van der Waals surface area (Å²) < 4.78 is 37.0. The number of rotatable bonds is 11. The number of piperazine rings is 1. The molecule has 13 heteroatoms. The lowest BCUT2D eigenvalue weighted by Gasteiger charge is -2.35. The normalized spacial score (nSPS) is 14.8. The molecule has 1 saturated heterocycles. The number of fused-ring (bicyclic) bond motifs is 1. The molecule has 2 aromatic heterocycles. The van der Waals surface area contributed by atoms with Gasteiger partial charge >= 0.3 is 0 Å². The molecule has 2 aromatic carbocycles. The molecule has 1 atom stereocenters. The third-order valence-electron chi connectivity index (χ3n) is 7.66. The molecule has 1 fully saturated rings. The van der Waals surface area contributed by atoms with E-state index in [2.05, 4.69) is 44.5 Å². The van der Waals surface area contributed by atoms with E-state index in [1.165, 1.54) is 24.5 Å². The first-order valence-electron chi connectivity index (χ1n) is 14.5. The second-order valence-corrected chi connectivity index (χ2v) is 11.4. The highest BCUT2D eigenvalue weighted by molar-refractivity contribution is 6.34. The number of benzene rings is 2. The summed E-state index contributed by atoms with van der Waals surface area (Å²) in [5.74, 6) is -2.04. The Morgan fingerprint density at radius 3 is 2.59 bits per heavy atom. The second kappa shape index (κ2) is 13.9. The molecule has 10 nitrogen and oxygen atoms in total. The maximum Gasteiger partial charge on any atom is 0.255 e. The minimum atomic E-state index is -1.09. The largest absolute Gasteiger partial charge is 0.472 e. The van der Waals surface area contributed by atoms with E-state index in [1.807, 2.05) is 4.90 Å². The van der Waals surface area contributed by atoms with Crippen molar-refractivity contribution in [1.29, 1.82) is 0 Å². The van der Waals surface area contributed by atoms with Crippen LogP contribution >= 0.6 is 11.6 Å². The van der Waals surface area contributed by atoms with Gasteiger partial charge in [0, 0.05) is 49.8 Å². The highest BCUT2D eigenvalue weighted by Gasteiger charge is 2.24. The van der Waals surface area contributed by atoms with Crippen LogP contribution in [0.4, 0.5) is 20.3 Å². The molecule has 3 heterocycles. The summed E-state index contributed by atoms with van der Waals surface area (Å²) in [5.41, 5.74) is 1.79. The first-order chi connectivity index (χ1) is 21.2. The summed E-state index contributed by atoms with van der Waals surface area (Å²) in [6, 6.07) is 7.96. The molecule has 2 N–H and O–H groups in total. The van der Waals surface area contributed by atoms with Crippen molar-refractivity contribution in [3.05, 3.63) is 71.1 Å². The molecule has 0 bridgehead atoms. The number of hydrogen-bond donors (Lipinski definition) is 2. The number of imidazole rings is 1. The van der Waals surface area contributed by atoms with Crippen LogP contribution in [0.2, 0.25) is 5.02 Å². The van der Waals surface area contributed by atoms with Crippen LogP contribution in [0.15, 0.2) is 48.9 Å². The van der Waals surface area contributed by atoms with Gasteiger partial charge in [0.05, 0.1) is 22.5 Å². The average Bonchev–Trinajstić information content (AvgIpc) is 3.44. The number of amides is 1. The number of halogens is 3. The minimum absolute atomic E-state index is 0.0249. The van der Waals surface area contributed by atoms with Crippen LogP contribution in [-0.2, 0) is 0 Å². The lowest BCUT2D eigenvalue weighted by Crippen LogP contribution is -2.49. The van der Waals surface area contributed by atoms with Crippen molar-refractivity contribution in [2.75, 3.05) is 65.7 Å². The maximum absolute atomic E-state index is 15.1. The van der Waals surface area contributed by atoms with Crippen molar-refractivity contribution >= 4 is 34.7 Å². The summed E-state index contributed by atoms with van der Waals surface area (Å²) in [7, 11) is 5.80. The SMILES string of the molecule is CNC(C)Oc1ccc(-c2cnc3c(Nc4ccc(C(=O)N5CCN(CCCN(C)C)CC5)c(Cl)c4)nccn23)c(F)c1F. The van der Waals surface area contributed by atoms with Crippen LogP contribution in [0.1, 0.15) is 23.7 Å². The Balaban J connectivity index is 1.29. The molecule has 1 aliphatic heterocycles. The van der Waals surface area contributed by atoms with Crippen LogP contribution in [0.5, 0.6) is 5.75 Å². The van der Waals surface area contributed by atoms with Gasteiger partial charge in [0.15, 0.2) is 23.0 Å². The molecule has 0 spiro atoms. The molecular formula is C31H37ClF2N8O2. The van der Waals surface area contributed by atoms with Crippen molar-refractivity contribution < 1.29 is 18.3 Å². The molecular weight excluding hydrogens is 590 g/mol. The number of carbonyl (C=O) groups excluding carboxylic acids is 1. The Hall–Kier alpha value is -3.84. The first-order valence-corrected chi connectivity index (χ1v) is 14.9.